The third kappa shape index (κ3) is 2.32. The van der Waals surface area contributed by atoms with Gasteiger partial charge in [0.15, 0.2) is 0 Å². The van der Waals surface area contributed by atoms with Crippen LogP contribution in [0.5, 0.6) is 0 Å². The molecule has 4 heteroatoms. The highest BCUT2D eigenvalue weighted by atomic mass is 19.1. The second-order valence-corrected chi connectivity index (χ2v) is 4.04. The molecular weight excluding hydrogens is 209 g/mol. The van der Waals surface area contributed by atoms with E-state index in [2.05, 4.69) is 4.90 Å². The number of hydrogen-bond acceptors (Lipinski definition) is 2. The highest BCUT2D eigenvalue weighted by molar-refractivity contribution is 5.73. The lowest BCUT2D eigenvalue weighted by atomic mass is 10.1. The molecule has 0 bridgehead atoms. The largest absolute Gasteiger partial charge is 0.481 e. The quantitative estimate of drug-likeness (QED) is 0.852. The third-order valence-corrected chi connectivity index (χ3v) is 2.84. The van der Waals surface area contributed by atoms with Gasteiger partial charge in [-0.25, -0.2) is 4.39 Å². The first kappa shape index (κ1) is 10.9. The molecule has 16 heavy (non-hydrogen) atoms. The zero-order valence-electron chi connectivity index (χ0n) is 8.95. The van der Waals surface area contributed by atoms with Crippen molar-refractivity contribution < 1.29 is 14.3 Å². The molecule has 86 valence electrons. The molecule has 1 fully saturated rings. The van der Waals surface area contributed by atoms with Crippen LogP contribution in [0.25, 0.3) is 0 Å². The van der Waals surface area contributed by atoms with Gasteiger partial charge in [0.25, 0.3) is 0 Å². The molecule has 0 spiro atoms. The first-order chi connectivity index (χ1) is 7.66. The van der Waals surface area contributed by atoms with E-state index in [0.29, 0.717) is 5.56 Å². The van der Waals surface area contributed by atoms with Gasteiger partial charge in [-0.1, -0.05) is 6.07 Å². The van der Waals surface area contributed by atoms with E-state index in [9.17, 15) is 9.18 Å². The topological polar surface area (TPSA) is 40.5 Å². The first-order valence-corrected chi connectivity index (χ1v) is 5.42. The summed E-state index contributed by atoms with van der Waals surface area (Å²) in [6.45, 7) is 1.77. The Morgan fingerprint density at radius 3 is 2.69 bits per heavy atom. The second-order valence-electron chi connectivity index (χ2n) is 4.04. The van der Waals surface area contributed by atoms with Crippen LogP contribution >= 0.6 is 0 Å². The van der Waals surface area contributed by atoms with E-state index in [1.807, 2.05) is 0 Å². The fraction of sp³-hybridized carbons (Fsp3) is 0.417. The Balaban J connectivity index is 2.31. The van der Waals surface area contributed by atoms with Gasteiger partial charge in [0.05, 0.1) is 6.42 Å². The molecule has 0 radical (unpaired) electrons. The van der Waals surface area contributed by atoms with Crippen LogP contribution in [0.1, 0.15) is 18.4 Å². The molecular formula is C12H14FNO2. The number of carboxylic acid groups (broad SMARTS) is 1. The molecule has 1 saturated heterocycles. The van der Waals surface area contributed by atoms with Gasteiger partial charge in [-0.15, -0.1) is 0 Å². The molecule has 0 aromatic heterocycles. The lowest BCUT2D eigenvalue weighted by Gasteiger charge is -2.20. The Hall–Kier alpha value is -1.58. The number of benzene rings is 1. The summed E-state index contributed by atoms with van der Waals surface area (Å²) in [7, 11) is 0. The molecule has 3 nitrogen and oxygen atoms in total. The van der Waals surface area contributed by atoms with Crippen LogP contribution in [0.3, 0.4) is 0 Å². The van der Waals surface area contributed by atoms with Crippen LogP contribution in [-0.2, 0) is 11.2 Å². The van der Waals surface area contributed by atoms with Gasteiger partial charge >= 0.3 is 5.97 Å². The highest BCUT2D eigenvalue weighted by Gasteiger charge is 2.17. The Labute approximate surface area is 93.5 Å². The number of anilines is 1. The molecule has 1 aromatic carbocycles. The maximum absolute atomic E-state index is 13.2. The lowest BCUT2D eigenvalue weighted by molar-refractivity contribution is -0.136. The van der Waals surface area contributed by atoms with Crippen LogP contribution in [0, 0.1) is 5.82 Å². The van der Waals surface area contributed by atoms with Crippen LogP contribution in [-0.4, -0.2) is 24.2 Å². The molecule has 1 heterocycles. The highest BCUT2D eigenvalue weighted by Crippen LogP contribution is 2.26. The van der Waals surface area contributed by atoms with E-state index < -0.39 is 5.97 Å². The SMILES string of the molecule is O=C(O)Cc1ccc(F)cc1N1CCCC1. The molecule has 0 atom stereocenters. The molecule has 1 N–H and O–H groups in total. The van der Waals surface area contributed by atoms with Crippen molar-refractivity contribution in [2.75, 3.05) is 18.0 Å². The summed E-state index contributed by atoms with van der Waals surface area (Å²) in [5.74, 6) is -1.19. The minimum Gasteiger partial charge on any atom is -0.481 e. The molecule has 0 amide bonds. The van der Waals surface area contributed by atoms with Crippen molar-refractivity contribution in [1.82, 2.24) is 0 Å². The average Bonchev–Trinajstić information content (AvgIpc) is 2.73. The van der Waals surface area contributed by atoms with E-state index in [-0.39, 0.29) is 12.2 Å². The number of carbonyl (C=O) groups is 1. The van der Waals surface area contributed by atoms with Crippen LogP contribution in [0.2, 0.25) is 0 Å². The first-order valence-electron chi connectivity index (χ1n) is 5.42. The normalized spacial score (nSPS) is 15.4. The number of halogens is 1. The lowest BCUT2D eigenvalue weighted by Crippen LogP contribution is -2.20. The predicted octanol–water partition coefficient (Wildman–Crippen LogP) is 2.05. The third-order valence-electron chi connectivity index (χ3n) is 2.84. The fourth-order valence-electron chi connectivity index (χ4n) is 2.10. The molecule has 2 rings (SSSR count). The minimum absolute atomic E-state index is 0.0495. The zero-order chi connectivity index (χ0) is 11.5. The summed E-state index contributed by atoms with van der Waals surface area (Å²) in [4.78, 5) is 12.8. The van der Waals surface area contributed by atoms with Gasteiger partial charge in [0.1, 0.15) is 5.82 Å². The van der Waals surface area contributed by atoms with Crippen molar-refractivity contribution in [1.29, 1.82) is 0 Å². The molecule has 0 unspecified atom stereocenters. The van der Waals surface area contributed by atoms with Crippen molar-refractivity contribution in [3.05, 3.63) is 29.6 Å². The second kappa shape index (κ2) is 4.51. The smallest absolute Gasteiger partial charge is 0.307 e. The number of hydrogen-bond donors (Lipinski definition) is 1. The Bertz CT molecular complexity index is 400. The van der Waals surface area contributed by atoms with E-state index in [1.54, 1.807) is 6.07 Å². The van der Waals surface area contributed by atoms with Crippen molar-refractivity contribution in [3.8, 4) is 0 Å². The van der Waals surface area contributed by atoms with Crippen LogP contribution in [0.4, 0.5) is 10.1 Å². The number of rotatable bonds is 3. The van der Waals surface area contributed by atoms with Gasteiger partial charge in [0.2, 0.25) is 0 Å². The van der Waals surface area contributed by atoms with Gasteiger partial charge in [-0.05, 0) is 30.5 Å². The van der Waals surface area contributed by atoms with Crippen LogP contribution in [0.15, 0.2) is 18.2 Å². The summed E-state index contributed by atoms with van der Waals surface area (Å²) >= 11 is 0. The summed E-state index contributed by atoms with van der Waals surface area (Å²) in [6.07, 6.45) is 2.12. The molecule has 0 saturated carbocycles. The van der Waals surface area contributed by atoms with Gasteiger partial charge < -0.3 is 10.0 Å². The van der Waals surface area contributed by atoms with Gasteiger partial charge in [-0.2, -0.15) is 0 Å². The van der Waals surface area contributed by atoms with Crippen LogP contribution < -0.4 is 4.90 Å². The maximum atomic E-state index is 13.2. The molecule has 1 aliphatic rings. The summed E-state index contributed by atoms with van der Waals surface area (Å²) in [6, 6.07) is 4.32. The summed E-state index contributed by atoms with van der Waals surface area (Å²) < 4.78 is 13.2. The fourth-order valence-corrected chi connectivity index (χ4v) is 2.10. The molecule has 1 aliphatic heterocycles. The van der Waals surface area contributed by atoms with Crippen molar-refractivity contribution >= 4 is 11.7 Å². The Morgan fingerprint density at radius 1 is 1.38 bits per heavy atom. The van der Waals surface area contributed by atoms with Gasteiger partial charge in [-0.3, -0.25) is 4.79 Å². The van der Waals surface area contributed by atoms with E-state index >= 15 is 0 Å². The Kier molecular flexibility index (Phi) is 3.08. The number of aliphatic carboxylic acids is 1. The average molecular weight is 223 g/mol. The van der Waals surface area contributed by atoms with Gasteiger partial charge in [0, 0.05) is 18.8 Å². The van der Waals surface area contributed by atoms with E-state index in [0.717, 1.165) is 31.6 Å². The maximum Gasteiger partial charge on any atom is 0.307 e. The number of nitrogens with zero attached hydrogens (tertiary/aromatic N) is 1. The van der Waals surface area contributed by atoms with E-state index in [4.69, 9.17) is 5.11 Å². The van der Waals surface area contributed by atoms with Crippen molar-refractivity contribution in [2.24, 2.45) is 0 Å². The van der Waals surface area contributed by atoms with E-state index in [1.165, 1.54) is 12.1 Å². The Morgan fingerprint density at radius 2 is 2.06 bits per heavy atom. The molecule has 1 aromatic rings. The molecule has 0 aliphatic carbocycles. The van der Waals surface area contributed by atoms with Crippen molar-refractivity contribution in [2.45, 2.75) is 19.3 Å². The summed E-state index contributed by atoms with van der Waals surface area (Å²) in [5.41, 5.74) is 1.43. The standard InChI is InChI=1S/C12H14FNO2/c13-10-4-3-9(7-12(15)16)11(8-10)14-5-1-2-6-14/h3-4,8H,1-2,5-7H2,(H,15,16). The minimum atomic E-state index is -0.882. The van der Waals surface area contributed by atoms with Crippen molar-refractivity contribution in [3.63, 3.8) is 0 Å². The predicted molar refractivity (Wildman–Crippen MR) is 59.2 cm³/mol. The number of carboxylic acids is 1. The summed E-state index contributed by atoms with van der Waals surface area (Å²) in [5, 5.41) is 8.79. The monoisotopic (exact) mass is 223 g/mol. The zero-order valence-corrected chi connectivity index (χ0v) is 8.95.